The Bertz CT molecular complexity index is 531. The lowest BCUT2D eigenvalue weighted by Crippen LogP contribution is -2.34. The van der Waals surface area contributed by atoms with Crippen LogP contribution in [0.5, 0.6) is 0 Å². The number of rotatable bonds is 6. The molecule has 4 nitrogen and oxygen atoms in total. The number of methoxy groups -OCH3 is 1. The maximum Gasteiger partial charge on any atom is 0.243 e. The molecule has 0 fully saturated rings. The smallest absolute Gasteiger partial charge is 0.243 e. The molecule has 1 rings (SSSR count). The van der Waals surface area contributed by atoms with Crippen molar-refractivity contribution in [3.8, 4) is 0 Å². The van der Waals surface area contributed by atoms with Crippen LogP contribution >= 0.6 is 15.9 Å². The molecule has 0 aliphatic rings. The minimum Gasteiger partial charge on any atom is -0.383 e. The molecule has 1 atom stereocenters. The number of nitrogens with zero attached hydrogens (tertiary/aromatic N) is 1. The van der Waals surface area contributed by atoms with Crippen LogP contribution in [-0.4, -0.2) is 44.9 Å². The van der Waals surface area contributed by atoms with Crippen molar-refractivity contribution in [2.24, 2.45) is 0 Å². The van der Waals surface area contributed by atoms with E-state index >= 15 is 0 Å². The Morgan fingerprint density at radius 2 is 2.00 bits per heavy atom. The number of ether oxygens (including phenoxy) is 1. The lowest BCUT2D eigenvalue weighted by atomic mass is 10.2. The van der Waals surface area contributed by atoms with Gasteiger partial charge in [-0.05, 0) is 25.5 Å². The van der Waals surface area contributed by atoms with Crippen LogP contribution in [0.15, 0.2) is 23.1 Å². The van der Waals surface area contributed by atoms with E-state index in [4.69, 9.17) is 4.74 Å². The summed E-state index contributed by atoms with van der Waals surface area (Å²) < 4.78 is 31.3. The van der Waals surface area contributed by atoms with Crippen molar-refractivity contribution in [3.63, 3.8) is 0 Å². The summed E-state index contributed by atoms with van der Waals surface area (Å²) in [6.07, 6.45) is 0. The van der Waals surface area contributed by atoms with E-state index < -0.39 is 10.0 Å². The highest BCUT2D eigenvalue weighted by molar-refractivity contribution is 9.09. The largest absolute Gasteiger partial charge is 0.383 e. The average molecular weight is 350 g/mol. The molecule has 19 heavy (non-hydrogen) atoms. The first-order chi connectivity index (χ1) is 8.78. The Kier molecular flexibility index (Phi) is 5.98. The van der Waals surface area contributed by atoms with Gasteiger partial charge in [0.15, 0.2) is 0 Å². The van der Waals surface area contributed by atoms with E-state index in [0.29, 0.717) is 18.0 Å². The van der Waals surface area contributed by atoms with Crippen molar-refractivity contribution in [2.45, 2.75) is 23.6 Å². The van der Waals surface area contributed by atoms with Gasteiger partial charge in [-0.1, -0.05) is 33.6 Å². The zero-order chi connectivity index (χ0) is 14.6. The molecule has 0 N–H and O–H groups in total. The monoisotopic (exact) mass is 349 g/mol. The second-order valence-corrected chi connectivity index (χ2v) is 7.92. The first-order valence-corrected chi connectivity index (χ1v) is 8.31. The highest BCUT2D eigenvalue weighted by Gasteiger charge is 2.24. The van der Waals surface area contributed by atoms with Crippen molar-refractivity contribution < 1.29 is 13.2 Å². The Hall–Kier alpha value is -0.430. The molecule has 0 spiro atoms. The van der Waals surface area contributed by atoms with Crippen LogP contribution < -0.4 is 0 Å². The van der Waals surface area contributed by atoms with Gasteiger partial charge in [-0.3, -0.25) is 0 Å². The summed E-state index contributed by atoms with van der Waals surface area (Å²) >= 11 is 3.40. The number of aryl methyl sites for hydroxylation is 2. The third-order valence-electron chi connectivity index (χ3n) is 2.82. The van der Waals surface area contributed by atoms with Crippen LogP contribution in [0.2, 0.25) is 0 Å². The molecule has 0 amide bonds. The zero-order valence-corrected chi connectivity index (χ0v) is 14.1. The van der Waals surface area contributed by atoms with E-state index in [1.165, 1.54) is 4.31 Å². The van der Waals surface area contributed by atoms with Crippen LogP contribution in [0.4, 0.5) is 0 Å². The van der Waals surface area contributed by atoms with E-state index in [9.17, 15) is 8.42 Å². The summed E-state index contributed by atoms with van der Waals surface area (Å²) in [6, 6.07) is 5.35. The summed E-state index contributed by atoms with van der Waals surface area (Å²) in [5.74, 6) is 0. The third-order valence-corrected chi connectivity index (χ3v) is 5.36. The Balaban J connectivity index is 2.97. The average Bonchev–Trinajstić information content (AvgIpc) is 2.28. The topological polar surface area (TPSA) is 46.6 Å². The molecule has 0 aromatic heterocycles. The Labute approximate surface area is 123 Å². The number of alkyl halides is 1. The fraction of sp³-hybridized carbons (Fsp3) is 0.538. The van der Waals surface area contributed by atoms with Crippen molar-refractivity contribution in [1.29, 1.82) is 0 Å². The SMILES string of the molecule is COCC(Br)CN(C)S(=O)(=O)c1ccc(C)cc1C. The molecule has 1 aromatic carbocycles. The molecule has 6 heteroatoms. The second-order valence-electron chi connectivity index (χ2n) is 4.61. The lowest BCUT2D eigenvalue weighted by Gasteiger charge is -2.21. The first kappa shape index (κ1) is 16.6. The van der Waals surface area contributed by atoms with Crippen LogP contribution in [0.25, 0.3) is 0 Å². The number of hydrogen-bond acceptors (Lipinski definition) is 3. The molecular weight excluding hydrogens is 330 g/mol. The molecule has 1 aromatic rings. The molecule has 0 bridgehead atoms. The van der Waals surface area contributed by atoms with Gasteiger partial charge in [0.1, 0.15) is 0 Å². The Morgan fingerprint density at radius 1 is 1.37 bits per heavy atom. The van der Waals surface area contributed by atoms with Crippen molar-refractivity contribution >= 4 is 26.0 Å². The maximum absolute atomic E-state index is 12.5. The fourth-order valence-corrected chi connectivity index (χ4v) is 4.18. The van der Waals surface area contributed by atoms with Gasteiger partial charge < -0.3 is 4.74 Å². The number of benzene rings is 1. The predicted octanol–water partition coefficient (Wildman–Crippen LogP) is 2.33. The lowest BCUT2D eigenvalue weighted by molar-refractivity contribution is 0.195. The van der Waals surface area contributed by atoms with Gasteiger partial charge in [-0.15, -0.1) is 0 Å². The van der Waals surface area contributed by atoms with E-state index in [0.717, 1.165) is 11.1 Å². The predicted molar refractivity (Wildman–Crippen MR) is 80.3 cm³/mol. The van der Waals surface area contributed by atoms with Gasteiger partial charge in [-0.2, -0.15) is 4.31 Å². The van der Waals surface area contributed by atoms with E-state index in [1.807, 2.05) is 26.0 Å². The summed E-state index contributed by atoms with van der Waals surface area (Å²) in [4.78, 5) is 0.334. The molecule has 0 heterocycles. The van der Waals surface area contributed by atoms with Crippen molar-refractivity contribution in [3.05, 3.63) is 29.3 Å². The molecule has 108 valence electrons. The van der Waals surface area contributed by atoms with Gasteiger partial charge >= 0.3 is 0 Å². The van der Waals surface area contributed by atoms with E-state index in [-0.39, 0.29) is 4.83 Å². The standard InChI is InChI=1S/C13H20BrNO3S/c1-10-5-6-13(11(2)7-10)19(16,17)15(3)8-12(14)9-18-4/h5-7,12H,8-9H2,1-4H3. The van der Waals surface area contributed by atoms with Crippen LogP contribution in [0.3, 0.4) is 0 Å². The molecular formula is C13H20BrNO3S. The van der Waals surface area contributed by atoms with Crippen LogP contribution in [0, 0.1) is 13.8 Å². The molecule has 0 aliphatic heterocycles. The fourth-order valence-electron chi connectivity index (χ4n) is 1.87. The van der Waals surface area contributed by atoms with Gasteiger partial charge in [0, 0.05) is 20.7 Å². The van der Waals surface area contributed by atoms with Crippen molar-refractivity contribution in [2.75, 3.05) is 27.3 Å². The maximum atomic E-state index is 12.5. The molecule has 0 radical (unpaired) electrons. The van der Waals surface area contributed by atoms with Crippen LogP contribution in [-0.2, 0) is 14.8 Å². The van der Waals surface area contributed by atoms with Crippen LogP contribution in [0.1, 0.15) is 11.1 Å². The van der Waals surface area contributed by atoms with E-state index in [2.05, 4.69) is 15.9 Å². The zero-order valence-electron chi connectivity index (χ0n) is 11.7. The molecule has 0 saturated carbocycles. The first-order valence-electron chi connectivity index (χ1n) is 5.95. The molecule has 0 saturated heterocycles. The molecule has 1 unspecified atom stereocenters. The normalized spacial score (nSPS) is 13.8. The second kappa shape index (κ2) is 6.83. The highest BCUT2D eigenvalue weighted by atomic mass is 79.9. The van der Waals surface area contributed by atoms with Gasteiger partial charge in [0.05, 0.1) is 16.3 Å². The number of halogens is 1. The van der Waals surface area contributed by atoms with Crippen molar-refractivity contribution in [1.82, 2.24) is 4.31 Å². The third kappa shape index (κ3) is 4.27. The van der Waals surface area contributed by atoms with Gasteiger partial charge in [0.25, 0.3) is 0 Å². The van der Waals surface area contributed by atoms with Gasteiger partial charge in [-0.25, -0.2) is 8.42 Å². The highest BCUT2D eigenvalue weighted by Crippen LogP contribution is 2.20. The summed E-state index contributed by atoms with van der Waals surface area (Å²) in [5.41, 5.74) is 1.82. The van der Waals surface area contributed by atoms with E-state index in [1.54, 1.807) is 20.2 Å². The number of hydrogen-bond donors (Lipinski definition) is 0. The quantitative estimate of drug-likeness (QED) is 0.740. The summed E-state index contributed by atoms with van der Waals surface area (Å²) in [6.45, 7) is 4.59. The van der Waals surface area contributed by atoms with Gasteiger partial charge in [0.2, 0.25) is 10.0 Å². The summed E-state index contributed by atoms with van der Waals surface area (Å²) in [5, 5.41) is 0. The number of sulfonamides is 1. The summed E-state index contributed by atoms with van der Waals surface area (Å²) in [7, 11) is -0.280. The Morgan fingerprint density at radius 3 is 2.53 bits per heavy atom. The molecule has 0 aliphatic carbocycles. The minimum atomic E-state index is -3.45. The minimum absolute atomic E-state index is 0.0250.